The zero-order chi connectivity index (χ0) is 18.2. The number of carbonyl (C=O) groups excluding carboxylic acids is 3. The van der Waals surface area contributed by atoms with Gasteiger partial charge in [0.25, 0.3) is 5.91 Å². The van der Waals surface area contributed by atoms with Crippen LogP contribution in [0.25, 0.3) is 0 Å². The van der Waals surface area contributed by atoms with Crippen molar-refractivity contribution in [3.05, 3.63) is 48.6 Å². The maximum Gasteiger partial charge on any atom is 0.253 e. The molecule has 1 saturated heterocycles. The molecular formula is C19H25N3O3. The molecule has 0 radical (unpaired) electrons. The lowest BCUT2D eigenvalue weighted by molar-refractivity contribution is -0.137. The summed E-state index contributed by atoms with van der Waals surface area (Å²) >= 11 is 0. The van der Waals surface area contributed by atoms with Crippen molar-refractivity contribution in [1.29, 1.82) is 0 Å². The second-order valence-electron chi connectivity index (χ2n) is 5.95. The summed E-state index contributed by atoms with van der Waals surface area (Å²) in [6.07, 6.45) is 1.95. The fourth-order valence-corrected chi connectivity index (χ4v) is 2.87. The number of hydrogen-bond donors (Lipinski definition) is 0. The van der Waals surface area contributed by atoms with Crippen LogP contribution in [0.15, 0.2) is 43.0 Å². The monoisotopic (exact) mass is 343 g/mol. The Labute approximate surface area is 148 Å². The molecule has 0 unspecified atom stereocenters. The summed E-state index contributed by atoms with van der Waals surface area (Å²) in [4.78, 5) is 41.7. The fourth-order valence-electron chi connectivity index (χ4n) is 2.87. The molecule has 0 aliphatic carbocycles. The Hall–Kier alpha value is -2.63. The molecule has 0 aromatic heterocycles. The number of carbonyl (C=O) groups is 3. The quantitative estimate of drug-likeness (QED) is 0.759. The van der Waals surface area contributed by atoms with Gasteiger partial charge in [-0.15, -0.1) is 0 Å². The van der Waals surface area contributed by atoms with Crippen molar-refractivity contribution in [2.24, 2.45) is 0 Å². The molecule has 1 aliphatic heterocycles. The number of benzene rings is 1. The van der Waals surface area contributed by atoms with Gasteiger partial charge in [-0.05, 0) is 31.6 Å². The molecule has 1 fully saturated rings. The van der Waals surface area contributed by atoms with E-state index in [2.05, 4.69) is 6.58 Å². The number of rotatable bonds is 5. The van der Waals surface area contributed by atoms with Gasteiger partial charge in [0.05, 0.1) is 6.54 Å². The minimum absolute atomic E-state index is 0.00748. The van der Waals surface area contributed by atoms with Crippen LogP contribution in [0.1, 0.15) is 23.7 Å². The van der Waals surface area contributed by atoms with E-state index in [0.29, 0.717) is 38.3 Å². The summed E-state index contributed by atoms with van der Waals surface area (Å²) in [6.45, 7) is 8.01. The lowest BCUT2D eigenvalue weighted by Gasteiger charge is -2.25. The van der Waals surface area contributed by atoms with Gasteiger partial charge in [0.1, 0.15) is 0 Å². The van der Waals surface area contributed by atoms with E-state index in [1.54, 1.807) is 21.9 Å². The molecule has 2 rings (SSSR count). The minimum Gasteiger partial charge on any atom is -0.339 e. The van der Waals surface area contributed by atoms with Gasteiger partial charge in [-0.3, -0.25) is 14.4 Å². The largest absolute Gasteiger partial charge is 0.339 e. The average molecular weight is 343 g/mol. The van der Waals surface area contributed by atoms with Crippen LogP contribution in [0.2, 0.25) is 0 Å². The molecule has 25 heavy (non-hydrogen) atoms. The molecule has 0 saturated carbocycles. The first-order valence-electron chi connectivity index (χ1n) is 8.60. The summed E-state index contributed by atoms with van der Waals surface area (Å²) < 4.78 is 0. The average Bonchev–Trinajstić information content (AvgIpc) is 2.91. The van der Waals surface area contributed by atoms with Crippen molar-refractivity contribution >= 4 is 17.7 Å². The van der Waals surface area contributed by atoms with Crippen LogP contribution in [0, 0.1) is 0 Å². The van der Waals surface area contributed by atoms with Crippen molar-refractivity contribution in [3.8, 4) is 0 Å². The number of likely N-dealkylation sites (N-methyl/N-ethyl adjacent to an activating group) is 1. The maximum atomic E-state index is 12.5. The molecule has 3 amide bonds. The highest BCUT2D eigenvalue weighted by atomic mass is 16.2. The van der Waals surface area contributed by atoms with E-state index in [1.807, 2.05) is 25.1 Å². The van der Waals surface area contributed by atoms with E-state index in [4.69, 9.17) is 0 Å². The molecule has 134 valence electrons. The van der Waals surface area contributed by atoms with Crippen LogP contribution in [0.3, 0.4) is 0 Å². The third-order valence-electron chi connectivity index (χ3n) is 4.35. The number of nitrogens with zero attached hydrogens (tertiary/aromatic N) is 3. The van der Waals surface area contributed by atoms with Crippen molar-refractivity contribution in [3.63, 3.8) is 0 Å². The maximum absolute atomic E-state index is 12.5. The number of hydrogen-bond acceptors (Lipinski definition) is 3. The first-order valence-corrected chi connectivity index (χ1v) is 8.60. The second-order valence-corrected chi connectivity index (χ2v) is 5.95. The van der Waals surface area contributed by atoms with Crippen molar-refractivity contribution in [1.82, 2.24) is 14.7 Å². The van der Waals surface area contributed by atoms with Crippen LogP contribution in [-0.2, 0) is 9.59 Å². The molecule has 0 spiro atoms. The van der Waals surface area contributed by atoms with E-state index in [9.17, 15) is 14.4 Å². The smallest absolute Gasteiger partial charge is 0.253 e. The first-order chi connectivity index (χ1) is 12.1. The zero-order valence-corrected chi connectivity index (χ0v) is 14.7. The van der Waals surface area contributed by atoms with Crippen LogP contribution in [0.5, 0.6) is 0 Å². The van der Waals surface area contributed by atoms with Gasteiger partial charge in [-0.25, -0.2) is 0 Å². The van der Waals surface area contributed by atoms with E-state index >= 15 is 0 Å². The van der Waals surface area contributed by atoms with Crippen molar-refractivity contribution in [2.75, 3.05) is 39.3 Å². The van der Waals surface area contributed by atoms with Gasteiger partial charge < -0.3 is 14.7 Å². The van der Waals surface area contributed by atoms with Crippen LogP contribution >= 0.6 is 0 Å². The van der Waals surface area contributed by atoms with Gasteiger partial charge in [-0.2, -0.15) is 0 Å². The molecule has 0 bridgehead atoms. The molecule has 1 aliphatic rings. The zero-order valence-electron chi connectivity index (χ0n) is 14.7. The lowest BCUT2D eigenvalue weighted by Crippen LogP contribution is -2.44. The Morgan fingerprint density at radius 2 is 1.72 bits per heavy atom. The molecular weight excluding hydrogens is 318 g/mol. The molecule has 6 nitrogen and oxygen atoms in total. The standard InChI is InChI=1S/C19H25N3O3/c1-3-17(23)20(4-2)15-18(24)21-11-8-12-22(14-13-21)19(25)16-9-6-5-7-10-16/h3,5-7,9-10H,1,4,8,11-15H2,2H3. The summed E-state index contributed by atoms with van der Waals surface area (Å²) in [5.74, 6) is -0.343. The Balaban J connectivity index is 1.94. The van der Waals surface area contributed by atoms with Crippen LogP contribution in [0.4, 0.5) is 0 Å². The minimum atomic E-state index is -0.244. The van der Waals surface area contributed by atoms with E-state index in [1.165, 1.54) is 11.0 Å². The topological polar surface area (TPSA) is 60.9 Å². The third kappa shape index (κ3) is 4.92. The Bertz CT molecular complexity index is 630. The summed E-state index contributed by atoms with van der Waals surface area (Å²) in [7, 11) is 0. The highest BCUT2D eigenvalue weighted by Gasteiger charge is 2.24. The normalized spacial score (nSPS) is 14.6. The predicted molar refractivity (Wildman–Crippen MR) is 96.0 cm³/mol. The summed E-state index contributed by atoms with van der Waals surface area (Å²) in [6, 6.07) is 9.17. The van der Waals surface area contributed by atoms with Gasteiger partial charge in [-0.1, -0.05) is 24.8 Å². The van der Waals surface area contributed by atoms with Gasteiger partial charge in [0.2, 0.25) is 11.8 Å². The Kier molecular flexibility index (Phi) is 6.74. The van der Waals surface area contributed by atoms with Crippen LogP contribution in [-0.4, -0.2) is 71.7 Å². The molecule has 0 atom stereocenters. The molecule has 0 N–H and O–H groups in total. The lowest BCUT2D eigenvalue weighted by atomic mass is 10.2. The van der Waals surface area contributed by atoms with Crippen molar-refractivity contribution in [2.45, 2.75) is 13.3 Å². The van der Waals surface area contributed by atoms with E-state index in [0.717, 1.165) is 6.42 Å². The van der Waals surface area contributed by atoms with E-state index < -0.39 is 0 Å². The SMILES string of the molecule is C=CC(=O)N(CC)CC(=O)N1CCCN(C(=O)c2ccccc2)CC1. The number of amides is 3. The Morgan fingerprint density at radius 1 is 1.08 bits per heavy atom. The molecule has 1 heterocycles. The van der Waals surface area contributed by atoms with Crippen LogP contribution < -0.4 is 0 Å². The van der Waals surface area contributed by atoms with Crippen molar-refractivity contribution < 1.29 is 14.4 Å². The fraction of sp³-hybridized carbons (Fsp3) is 0.421. The highest BCUT2D eigenvalue weighted by Crippen LogP contribution is 2.10. The molecule has 1 aromatic carbocycles. The van der Waals surface area contributed by atoms with E-state index in [-0.39, 0.29) is 24.3 Å². The molecule has 1 aromatic rings. The summed E-state index contributed by atoms with van der Waals surface area (Å²) in [5, 5.41) is 0. The molecule has 6 heteroatoms. The first kappa shape index (κ1) is 18.7. The second kappa shape index (κ2) is 9.01. The van der Waals surface area contributed by atoms with Gasteiger partial charge in [0, 0.05) is 38.3 Å². The predicted octanol–water partition coefficient (Wildman–Crippen LogP) is 1.40. The highest BCUT2D eigenvalue weighted by molar-refractivity contribution is 5.94. The third-order valence-corrected chi connectivity index (χ3v) is 4.35. The Morgan fingerprint density at radius 3 is 2.36 bits per heavy atom. The van der Waals surface area contributed by atoms with Gasteiger partial charge in [0.15, 0.2) is 0 Å². The van der Waals surface area contributed by atoms with Gasteiger partial charge >= 0.3 is 0 Å². The summed E-state index contributed by atoms with van der Waals surface area (Å²) in [5.41, 5.74) is 0.663.